The fourth-order valence-corrected chi connectivity index (χ4v) is 2.07. The molecule has 98 valence electrons. The van der Waals surface area contributed by atoms with Crippen LogP contribution in [0.5, 0.6) is 0 Å². The minimum atomic E-state index is -1.13. The van der Waals surface area contributed by atoms with Crippen molar-refractivity contribution in [2.45, 2.75) is 57.5 Å². The molecule has 0 aliphatic heterocycles. The number of carbonyl (C=O) groups excluding carboxylic acids is 1. The normalized spacial score (nSPS) is 30.6. The van der Waals surface area contributed by atoms with E-state index in [-0.39, 0.29) is 17.9 Å². The summed E-state index contributed by atoms with van der Waals surface area (Å²) in [7, 11) is 0. The van der Waals surface area contributed by atoms with Gasteiger partial charge in [-0.15, -0.1) is 0 Å². The average molecular weight is 242 g/mol. The van der Waals surface area contributed by atoms with Crippen LogP contribution in [0.3, 0.4) is 0 Å². The Bertz CT molecular complexity index is 296. The molecule has 17 heavy (non-hydrogen) atoms. The van der Waals surface area contributed by atoms with E-state index in [1.165, 1.54) is 0 Å². The van der Waals surface area contributed by atoms with Crippen LogP contribution in [0.4, 0.5) is 0 Å². The Balaban J connectivity index is 2.47. The Kier molecular flexibility index (Phi) is 4.51. The van der Waals surface area contributed by atoms with Crippen molar-refractivity contribution in [2.24, 2.45) is 11.7 Å². The zero-order chi connectivity index (χ0) is 13.1. The van der Waals surface area contributed by atoms with Gasteiger partial charge in [0.2, 0.25) is 5.91 Å². The molecule has 0 spiro atoms. The maximum absolute atomic E-state index is 11.8. The molecular weight excluding hydrogens is 220 g/mol. The summed E-state index contributed by atoms with van der Waals surface area (Å²) in [6, 6.07) is 0.173. The largest absolute Gasteiger partial charge is 0.480 e. The number of carbonyl (C=O) groups is 2. The predicted molar refractivity (Wildman–Crippen MR) is 64.4 cm³/mol. The highest BCUT2D eigenvalue weighted by molar-refractivity contribution is 5.81. The van der Waals surface area contributed by atoms with Gasteiger partial charge in [0, 0.05) is 12.0 Å². The van der Waals surface area contributed by atoms with Crippen LogP contribution in [-0.2, 0) is 9.59 Å². The fraction of sp³-hybridized carbons (Fsp3) is 0.833. The summed E-state index contributed by atoms with van der Waals surface area (Å²) >= 11 is 0. The lowest BCUT2D eigenvalue weighted by Crippen LogP contribution is -2.52. The molecule has 5 nitrogen and oxygen atoms in total. The van der Waals surface area contributed by atoms with E-state index in [1.54, 1.807) is 0 Å². The van der Waals surface area contributed by atoms with E-state index in [0.717, 1.165) is 6.42 Å². The number of hydrogen-bond acceptors (Lipinski definition) is 3. The Hall–Kier alpha value is -1.10. The maximum atomic E-state index is 11.8. The van der Waals surface area contributed by atoms with Crippen LogP contribution in [0.25, 0.3) is 0 Å². The Morgan fingerprint density at radius 2 is 2.00 bits per heavy atom. The average Bonchev–Trinajstić information content (AvgIpc) is 2.29. The van der Waals surface area contributed by atoms with Gasteiger partial charge in [0.15, 0.2) is 0 Å². The monoisotopic (exact) mass is 242 g/mol. The number of aliphatic carboxylic acids is 1. The Morgan fingerprint density at radius 1 is 1.47 bits per heavy atom. The van der Waals surface area contributed by atoms with Gasteiger partial charge in [0.1, 0.15) is 5.54 Å². The third kappa shape index (κ3) is 3.43. The minimum absolute atomic E-state index is 0.0341. The highest BCUT2D eigenvalue weighted by Gasteiger charge is 2.40. The summed E-state index contributed by atoms with van der Waals surface area (Å²) in [6.07, 6.45) is 2.77. The summed E-state index contributed by atoms with van der Waals surface area (Å²) in [5, 5.41) is 11.9. The van der Waals surface area contributed by atoms with Crippen molar-refractivity contribution >= 4 is 11.9 Å². The molecule has 1 saturated carbocycles. The van der Waals surface area contributed by atoms with E-state index in [2.05, 4.69) is 5.32 Å². The SMILES string of the molecule is CCC(C)NC(=O)C1CCC(N)(C(=O)O)CC1. The number of nitrogens with two attached hydrogens (primary N) is 1. The fourth-order valence-electron chi connectivity index (χ4n) is 2.07. The molecule has 1 amide bonds. The number of hydrogen-bond donors (Lipinski definition) is 3. The molecule has 0 bridgehead atoms. The molecule has 1 fully saturated rings. The summed E-state index contributed by atoms with van der Waals surface area (Å²) in [5.41, 5.74) is 4.63. The Labute approximate surface area is 102 Å². The summed E-state index contributed by atoms with van der Waals surface area (Å²) in [6.45, 7) is 3.98. The number of rotatable bonds is 4. The first-order chi connectivity index (χ1) is 7.89. The quantitative estimate of drug-likeness (QED) is 0.682. The Morgan fingerprint density at radius 3 is 2.41 bits per heavy atom. The van der Waals surface area contributed by atoms with Crippen LogP contribution in [0, 0.1) is 5.92 Å². The zero-order valence-corrected chi connectivity index (χ0v) is 10.5. The molecule has 5 heteroatoms. The van der Waals surface area contributed by atoms with Crippen LogP contribution >= 0.6 is 0 Å². The van der Waals surface area contributed by atoms with E-state index in [4.69, 9.17) is 10.8 Å². The maximum Gasteiger partial charge on any atom is 0.323 e. The van der Waals surface area contributed by atoms with Crippen molar-refractivity contribution in [1.29, 1.82) is 0 Å². The zero-order valence-electron chi connectivity index (χ0n) is 10.5. The topological polar surface area (TPSA) is 92.4 Å². The van der Waals surface area contributed by atoms with Crippen molar-refractivity contribution in [2.75, 3.05) is 0 Å². The van der Waals surface area contributed by atoms with E-state index in [0.29, 0.717) is 25.7 Å². The van der Waals surface area contributed by atoms with Gasteiger partial charge in [-0.25, -0.2) is 0 Å². The van der Waals surface area contributed by atoms with Gasteiger partial charge >= 0.3 is 5.97 Å². The molecule has 1 unspecified atom stereocenters. The molecule has 4 N–H and O–H groups in total. The van der Waals surface area contributed by atoms with Crippen LogP contribution in [0.1, 0.15) is 46.0 Å². The molecule has 0 radical (unpaired) electrons. The molecule has 1 rings (SSSR count). The molecule has 0 aromatic heterocycles. The molecule has 0 aromatic carbocycles. The van der Waals surface area contributed by atoms with E-state index in [9.17, 15) is 9.59 Å². The number of carboxylic acids is 1. The number of amides is 1. The second-order valence-corrected chi connectivity index (χ2v) is 5.05. The second-order valence-electron chi connectivity index (χ2n) is 5.05. The molecule has 1 aliphatic rings. The first-order valence-electron chi connectivity index (χ1n) is 6.21. The van der Waals surface area contributed by atoms with E-state index in [1.807, 2.05) is 13.8 Å². The molecule has 0 heterocycles. The van der Waals surface area contributed by atoms with Crippen molar-refractivity contribution in [1.82, 2.24) is 5.32 Å². The summed E-state index contributed by atoms with van der Waals surface area (Å²) < 4.78 is 0. The third-order valence-electron chi connectivity index (χ3n) is 3.68. The van der Waals surface area contributed by atoms with Crippen LogP contribution in [0.15, 0.2) is 0 Å². The molecule has 1 atom stereocenters. The number of carboxylic acid groups (broad SMARTS) is 1. The highest BCUT2D eigenvalue weighted by atomic mass is 16.4. The molecular formula is C12H22N2O3. The third-order valence-corrected chi connectivity index (χ3v) is 3.68. The molecule has 1 aliphatic carbocycles. The van der Waals surface area contributed by atoms with E-state index < -0.39 is 11.5 Å². The first kappa shape index (κ1) is 14.0. The second kappa shape index (κ2) is 5.49. The van der Waals surface area contributed by atoms with Gasteiger partial charge in [0.05, 0.1) is 0 Å². The molecule has 0 saturated heterocycles. The van der Waals surface area contributed by atoms with Gasteiger partial charge in [0.25, 0.3) is 0 Å². The van der Waals surface area contributed by atoms with Gasteiger partial charge in [-0.1, -0.05) is 6.92 Å². The summed E-state index contributed by atoms with van der Waals surface area (Å²) in [5.74, 6) is -1.01. The van der Waals surface area contributed by atoms with E-state index >= 15 is 0 Å². The van der Waals surface area contributed by atoms with Crippen molar-refractivity contribution < 1.29 is 14.7 Å². The number of nitrogens with one attached hydrogen (secondary N) is 1. The highest BCUT2D eigenvalue weighted by Crippen LogP contribution is 2.30. The van der Waals surface area contributed by atoms with Crippen molar-refractivity contribution in [3.05, 3.63) is 0 Å². The van der Waals surface area contributed by atoms with Crippen LogP contribution in [-0.4, -0.2) is 28.6 Å². The summed E-state index contributed by atoms with van der Waals surface area (Å²) in [4.78, 5) is 22.8. The van der Waals surface area contributed by atoms with Crippen LogP contribution in [0.2, 0.25) is 0 Å². The predicted octanol–water partition coefficient (Wildman–Crippen LogP) is 0.873. The van der Waals surface area contributed by atoms with Gasteiger partial charge in [-0.05, 0) is 39.0 Å². The molecule has 0 aromatic rings. The van der Waals surface area contributed by atoms with Crippen molar-refractivity contribution in [3.63, 3.8) is 0 Å². The lowest BCUT2D eigenvalue weighted by molar-refractivity contribution is -0.146. The lowest BCUT2D eigenvalue weighted by Gasteiger charge is -2.33. The lowest BCUT2D eigenvalue weighted by atomic mass is 9.77. The van der Waals surface area contributed by atoms with Gasteiger partial charge < -0.3 is 16.2 Å². The van der Waals surface area contributed by atoms with Gasteiger partial charge in [-0.2, -0.15) is 0 Å². The first-order valence-corrected chi connectivity index (χ1v) is 6.21. The standard InChI is InChI=1S/C12H22N2O3/c1-3-8(2)14-10(15)9-4-6-12(13,7-5-9)11(16)17/h8-9H,3-7,13H2,1-2H3,(H,14,15)(H,16,17). The van der Waals surface area contributed by atoms with Gasteiger partial charge in [-0.3, -0.25) is 9.59 Å². The van der Waals surface area contributed by atoms with Crippen molar-refractivity contribution in [3.8, 4) is 0 Å². The minimum Gasteiger partial charge on any atom is -0.480 e. The smallest absolute Gasteiger partial charge is 0.323 e. The van der Waals surface area contributed by atoms with Crippen LogP contribution < -0.4 is 11.1 Å².